The number of hydrogen-bond acceptors (Lipinski definition) is 2. The highest BCUT2D eigenvalue weighted by Gasteiger charge is 2.09. The van der Waals surface area contributed by atoms with Gasteiger partial charge in [0.25, 0.3) is 0 Å². The van der Waals surface area contributed by atoms with Gasteiger partial charge in [0.05, 0.1) is 6.04 Å². The molecule has 2 N–H and O–H groups in total. The zero-order valence-electron chi connectivity index (χ0n) is 12.4. The standard InChI is InChI=1S/C20H19NO/c21-20(17-10-5-2-6-11-17)18-12-7-13-19(14-18)22-15-16-8-3-1-4-9-16/h1-14,20H,15,21H2. The lowest BCUT2D eigenvalue weighted by Gasteiger charge is -2.14. The van der Waals surface area contributed by atoms with Crippen LogP contribution in [0.1, 0.15) is 22.7 Å². The molecule has 3 aromatic rings. The van der Waals surface area contributed by atoms with E-state index < -0.39 is 0 Å². The molecule has 0 bridgehead atoms. The van der Waals surface area contributed by atoms with E-state index in [2.05, 4.69) is 12.1 Å². The molecule has 0 fully saturated rings. The summed E-state index contributed by atoms with van der Waals surface area (Å²) in [4.78, 5) is 0. The molecule has 22 heavy (non-hydrogen) atoms. The fraction of sp³-hybridized carbons (Fsp3) is 0.100. The third-order valence-electron chi connectivity index (χ3n) is 3.62. The average Bonchev–Trinajstić information content (AvgIpc) is 2.61. The summed E-state index contributed by atoms with van der Waals surface area (Å²) in [5.74, 6) is 0.840. The molecule has 110 valence electrons. The van der Waals surface area contributed by atoms with Gasteiger partial charge in [-0.15, -0.1) is 0 Å². The van der Waals surface area contributed by atoms with Crippen LogP contribution in [0, 0.1) is 0 Å². The van der Waals surface area contributed by atoms with Crippen molar-refractivity contribution in [2.24, 2.45) is 5.73 Å². The van der Waals surface area contributed by atoms with Crippen LogP contribution in [-0.4, -0.2) is 0 Å². The highest BCUT2D eigenvalue weighted by Crippen LogP contribution is 2.23. The summed E-state index contributed by atoms with van der Waals surface area (Å²) < 4.78 is 5.86. The predicted octanol–water partition coefficient (Wildman–Crippen LogP) is 4.31. The summed E-state index contributed by atoms with van der Waals surface area (Å²) in [7, 11) is 0. The van der Waals surface area contributed by atoms with Crippen molar-refractivity contribution in [2.45, 2.75) is 12.6 Å². The van der Waals surface area contributed by atoms with Crippen LogP contribution in [0.5, 0.6) is 5.75 Å². The van der Waals surface area contributed by atoms with E-state index in [0.717, 1.165) is 22.4 Å². The second kappa shape index (κ2) is 6.92. The van der Waals surface area contributed by atoms with Gasteiger partial charge in [0.2, 0.25) is 0 Å². The molecule has 0 saturated carbocycles. The van der Waals surface area contributed by atoms with Crippen LogP contribution in [0.2, 0.25) is 0 Å². The second-order valence-electron chi connectivity index (χ2n) is 5.24. The van der Waals surface area contributed by atoms with Gasteiger partial charge < -0.3 is 10.5 Å². The molecule has 2 nitrogen and oxygen atoms in total. The Kier molecular flexibility index (Phi) is 4.52. The summed E-state index contributed by atoms with van der Waals surface area (Å²) in [6, 6.07) is 28.1. The van der Waals surface area contributed by atoms with Crippen molar-refractivity contribution in [3.05, 3.63) is 102 Å². The molecule has 0 amide bonds. The first kappa shape index (κ1) is 14.4. The van der Waals surface area contributed by atoms with Crippen LogP contribution in [0.4, 0.5) is 0 Å². The van der Waals surface area contributed by atoms with Crippen molar-refractivity contribution < 1.29 is 4.74 Å². The Labute approximate surface area is 131 Å². The zero-order chi connectivity index (χ0) is 15.2. The summed E-state index contributed by atoms with van der Waals surface area (Å²) in [6.45, 7) is 0.560. The fourth-order valence-corrected chi connectivity index (χ4v) is 2.39. The summed E-state index contributed by atoms with van der Waals surface area (Å²) in [6.07, 6.45) is 0. The van der Waals surface area contributed by atoms with Crippen LogP contribution in [-0.2, 0) is 6.61 Å². The van der Waals surface area contributed by atoms with Crippen LogP contribution in [0.25, 0.3) is 0 Å². The topological polar surface area (TPSA) is 35.2 Å². The summed E-state index contributed by atoms with van der Waals surface area (Å²) in [5.41, 5.74) is 9.64. The molecule has 2 heteroatoms. The largest absolute Gasteiger partial charge is 0.489 e. The van der Waals surface area contributed by atoms with Gasteiger partial charge in [-0.3, -0.25) is 0 Å². The lowest BCUT2D eigenvalue weighted by Crippen LogP contribution is -2.11. The third-order valence-corrected chi connectivity index (χ3v) is 3.62. The van der Waals surface area contributed by atoms with Gasteiger partial charge in [-0.2, -0.15) is 0 Å². The number of hydrogen-bond donors (Lipinski definition) is 1. The van der Waals surface area contributed by atoms with Crippen LogP contribution in [0.15, 0.2) is 84.9 Å². The van der Waals surface area contributed by atoms with Crippen LogP contribution >= 0.6 is 0 Å². The minimum absolute atomic E-state index is 0.138. The normalized spacial score (nSPS) is 11.9. The van der Waals surface area contributed by atoms with Crippen LogP contribution < -0.4 is 10.5 Å². The number of nitrogens with two attached hydrogens (primary N) is 1. The first-order chi connectivity index (χ1) is 10.8. The molecule has 1 atom stereocenters. The van der Waals surface area contributed by atoms with Crippen molar-refractivity contribution in [2.75, 3.05) is 0 Å². The molecule has 0 aliphatic carbocycles. The molecule has 0 aliphatic heterocycles. The summed E-state index contributed by atoms with van der Waals surface area (Å²) in [5, 5.41) is 0. The Balaban J connectivity index is 1.72. The van der Waals surface area contributed by atoms with Gasteiger partial charge in [-0.25, -0.2) is 0 Å². The maximum Gasteiger partial charge on any atom is 0.120 e. The number of rotatable bonds is 5. The van der Waals surface area contributed by atoms with Gasteiger partial charge in [-0.05, 0) is 28.8 Å². The van der Waals surface area contributed by atoms with Crippen molar-refractivity contribution in [3.8, 4) is 5.75 Å². The Morgan fingerprint density at radius 3 is 2.09 bits per heavy atom. The van der Waals surface area contributed by atoms with Crippen molar-refractivity contribution in [1.29, 1.82) is 0 Å². The van der Waals surface area contributed by atoms with Gasteiger partial charge in [0.1, 0.15) is 12.4 Å². The fourth-order valence-electron chi connectivity index (χ4n) is 2.39. The molecule has 0 radical (unpaired) electrons. The second-order valence-corrected chi connectivity index (χ2v) is 5.24. The first-order valence-electron chi connectivity index (χ1n) is 7.40. The molecule has 1 unspecified atom stereocenters. The molecule has 0 aliphatic rings. The predicted molar refractivity (Wildman–Crippen MR) is 89.7 cm³/mol. The quantitative estimate of drug-likeness (QED) is 0.759. The minimum atomic E-state index is -0.138. The average molecular weight is 289 g/mol. The highest BCUT2D eigenvalue weighted by atomic mass is 16.5. The van der Waals surface area contributed by atoms with E-state index in [-0.39, 0.29) is 6.04 Å². The van der Waals surface area contributed by atoms with Crippen LogP contribution in [0.3, 0.4) is 0 Å². The molecular formula is C20H19NO. The van der Waals surface area contributed by atoms with E-state index >= 15 is 0 Å². The highest BCUT2D eigenvalue weighted by molar-refractivity contribution is 5.36. The molecule has 0 heterocycles. The Morgan fingerprint density at radius 1 is 0.727 bits per heavy atom. The number of ether oxygens (including phenoxy) is 1. The third kappa shape index (κ3) is 3.54. The van der Waals surface area contributed by atoms with Crippen molar-refractivity contribution in [3.63, 3.8) is 0 Å². The van der Waals surface area contributed by atoms with Gasteiger partial charge in [-0.1, -0.05) is 72.8 Å². The monoisotopic (exact) mass is 289 g/mol. The molecule has 3 aromatic carbocycles. The van der Waals surface area contributed by atoms with E-state index in [4.69, 9.17) is 10.5 Å². The Bertz CT molecular complexity index is 710. The lowest BCUT2D eigenvalue weighted by molar-refractivity contribution is 0.306. The molecule has 0 saturated heterocycles. The zero-order valence-corrected chi connectivity index (χ0v) is 12.4. The molecule has 0 aromatic heterocycles. The molecular weight excluding hydrogens is 270 g/mol. The van der Waals surface area contributed by atoms with Crippen molar-refractivity contribution >= 4 is 0 Å². The maximum atomic E-state index is 6.34. The summed E-state index contributed by atoms with van der Waals surface area (Å²) >= 11 is 0. The smallest absolute Gasteiger partial charge is 0.120 e. The molecule has 0 spiro atoms. The first-order valence-corrected chi connectivity index (χ1v) is 7.40. The van der Waals surface area contributed by atoms with Gasteiger partial charge >= 0.3 is 0 Å². The van der Waals surface area contributed by atoms with E-state index in [1.165, 1.54) is 0 Å². The minimum Gasteiger partial charge on any atom is -0.489 e. The Morgan fingerprint density at radius 2 is 1.36 bits per heavy atom. The lowest BCUT2D eigenvalue weighted by atomic mass is 10.00. The van der Waals surface area contributed by atoms with Gasteiger partial charge in [0.15, 0.2) is 0 Å². The van der Waals surface area contributed by atoms with E-state index in [9.17, 15) is 0 Å². The van der Waals surface area contributed by atoms with E-state index in [0.29, 0.717) is 6.61 Å². The molecule has 3 rings (SSSR count). The SMILES string of the molecule is NC(c1ccccc1)c1cccc(OCc2ccccc2)c1. The van der Waals surface area contributed by atoms with E-state index in [1.807, 2.05) is 72.8 Å². The number of benzene rings is 3. The van der Waals surface area contributed by atoms with Gasteiger partial charge in [0, 0.05) is 0 Å². The maximum absolute atomic E-state index is 6.34. The Hall–Kier alpha value is -2.58. The van der Waals surface area contributed by atoms with Crippen molar-refractivity contribution in [1.82, 2.24) is 0 Å². The van der Waals surface area contributed by atoms with E-state index in [1.54, 1.807) is 0 Å².